The molecular weight excluding hydrogens is 156 g/mol. The van der Waals surface area contributed by atoms with E-state index in [1.807, 2.05) is 0 Å². The summed E-state index contributed by atoms with van der Waals surface area (Å²) in [7, 11) is 0. The molecule has 1 aliphatic rings. The lowest BCUT2D eigenvalue weighted by atomic mass is 9.96. The Morgan fingerprint density at radius 3 is 2.38 bits per heavy atom. The van der Waals surface area contributed by atoms with Gasteiger partial charge < -0.3 is 0 Å². The lowest BCUT2D eigenvalue weighted by molar-refractivity contribution is 0.421. The predicted octanol–water partition coefficient (Wildman–Crippen LogP) is 4.78. The fourth-order valence-electron chi connectivity index (χ4n) is 2.48. The molecule has 1 aliphatic carbocycles. The van der Waals surface area contributed by atoms with Crippen molar-refractivity contribution in [3.63, 3.8) is 0 Å². The topological polar surface area (TPSA) is 0 Å². The maximum atomic E-state index is 2.50. The van der Waals surface area contributed by atoms with E-state index < -0.39 is 0 Å². The van der Waals surface area contributed by atoms with Crippen molar-refractivity contribution in [2.24, 2.45) is 11.3 Å². The first-order valence-corrected chi connectivity index (χ1v) is 6.23. The average Bonchev–Trinajstić information content (AvgIpc) is 2.75. The van der Waals surface area contributed by atoms with Crippen LogP contribution < -0.4 is 0 Å². The van der Waals surface area contributed by atoms with Crippen LogP contribution in [-0.2, 0) is 0 Å². The molecule has 0 spiro atoms. The first-order valence-electron chi connectivity index (χ1n) is 6.23. The Morgan fingerprint density at radius 1 is 1.08 bits per heavy atom. The summed E-state index contributed by atoms with van der Waals surface area (Å²) in [5.74, 6) is 1.09. The number of hydrogen-bond acceptors (Lipinski definition) is 0. The molecule has 0 N–H and O–H groups in total. The van der Waals surface area contributed by atoms with Gasteiger partial charge in [0.1, 0.15) is 0 Å². The Morgan fingerprint density at radius 2 is 1.77 bits per heavy atom. The molecule has 0 aromatic rings. The summed E-state index contributed by atoms with van der Waals surface area (Å²) in [6.07, 6.45) is 11.6. The van der Waals surface area contributed by atoms with Gasteiger partial charge >= 0.3 is 0 Å². The molecule has 78 valence electrons. The van der Waals surface area contributed by atoms with Crippen molar-refractivity contribution in [2.45, 2.75) is 72.1 Å². The standard InChI is InChI=1S/C13H26/c1-4-6-8-9-12-11-13(12,3)10-7-5-2/h12H,4-11H2,1-3H3/t12-,13-/m0/s1. The fourth-order valence-corrected chi connectivity index (χ4v) is 2.48. The van der Waals surface area contributed by atoms with Crippen LogP contribution >= 0.6 is 0 Å². The largest absolute Gasteiger partial charge is 0.0654 e. The van der Waals surface area contributed by atoms with Crippen LogP contribution in [0.25, 0.3) is 0 Å². The summed E-state index contributed by atoms with van der Waals surface area (Å²) in [6, 6.07) is 0. The second kappa shape index (κ2) is 5.02. The van der Waals surface area contributed by atoms with Gasteiger partial charge in [-0.25, -0.2) is 0 Å². The van der Waals surface area contributed by atoms with Gasteiger partial charge in [0, 0.05) is 0 Å². The van der Waals surface area contributed by atoms with Crippen LogP contribution in [0.3, 0.4) is 0 Å². The van der Waals surface area contributed by atoms with Crippen molar-refractivity contribution in [1.82, 2.24) is 0 Å². The van der Waals surface area contributed by atoms with E-state index >= 15 is 0 Å². The summed E-state index contributed by atoms with van der Waals surface area (Å²) < 4.78 is 0. The normalized spacial score (nSPS) is 32.1. The molecule has 0 aromatic carbocycles. The molecule has 0 bridgehead atoms. The Kier molecular flexibility index (Phi) is 4.28. The molecule has 0 nitrogen and oxygen atoms in total. The van der Waals surface area contributed by atoms with E-state index in [1.165, 1.54) is 51.4 Å². The minimum Gasteiger partial charge on any atom is -0.0654 e. The van der Waals surface area contributed by atoms with Crippen LogP contribution in [0.1, 0.15) is 72.1 Å². The van der Waals surface area contributed by atoms with Gasteiger partial charge in [0.05, 0.1) is 0 Å². The highest BCUT2D eigenvalue weighted by molar-refractivity contribution is 4.97. The molecule has 0 heterocycles. The van der Waals surface area contributed by atoms with E-state index in [-0.39, 0.29) is 0 Å². The zero-order valence-corrected chi connectivity index (χ0v) is 9.73. The second-order valence-corrected chi connectivity index (χ2v) is 5.15. The minimum absolute atomic E-state index is 0.768. The first kappa shape index (κ1) is 11.1. The maximum absolute atomic E-state index is 2.50. The lowest BCUT2D eigenvalue weighted by Crippen LogP contribution is -1.97. The van der Waals surface area contributed by atoms with E-state index in [1.54, 1.807) is 0 Å². The summed E-state index contributed by atoms with van der Waals surface area (Å²) >= 11 is 0. The highest BCUT2D eigenvalue weighted by Gasteiger charge is 2.47. The number of rotatable bonds is 7. The van der Waals surface area contributed by atoms with Gasteiger partial charge in [-0.15, -0.1) is 0 Å². The summed E-state index contributed by atoms with van der Waals surface area (Å²) in [5.41, 5.74) is 0.768. The Hall–Kier alpha value is 0. The van der Waals surface area contributed by atoms with Gasteiger partial charge in [0.25, 0.3) is 0 Å². The third-order valence-corrected chi connectivity index (χ3v) is 3.80. The Labute approximate surface area is 84.1 Å². The van der Waals surface area contributed by atoms with Crippen LogP contribution in [0.5, 0.6) is 0 Å². The van der Waals surface area contributed by atoms with Crippen molar-refractivity contribution in [1.29, 1.82) is 0 Å². The molecule has 0 unspecified atom stereocenters. The smallest absolute Gasteiger partial charge is 0.0294 e. The van der Waals surface area contributed by atoms with Crippen LogP contribution in [0.15, 0.2) is 0 Å². The van der Waals surface area contributed by atoms with Gasteiger partial charge in [-0.2, -0.15) is 0 Å². The quantitative estimate of drug-likeness (QED) is 0.497. The van der Waals surface area contributed by atoms with Crippen molar-refractivity contribution in [2.75, 3.05) is 0 Å². The minimum atomic E-state index is 0.768. The van der Waals surface area contributed by atoms with Crippen molar-refractivity contribution in [3.8, 4) is 0 Å². The fraction of sp³-hybridized carbons (Fsp3) is 1.00. The van der Waals surface area contributed by atoms with E-state index in [0.29, 0.717) is 0 Å². The summed E-state index contributed by atoms with van der Waals surface area (Å²) in [6.45, 7) is 7.10. The van der Waals surface area contributed by atoms with Crippen molar-refractivity contribution >= 4 is 0 Å². The molecule has 2 atom stereocenters. The molecule has 1 saturated carbocycles. The molecule has 1 fully saturated rings. The first-order chi connectivity index (χ1) is 6.23. The van der Waals surface area contributed by atoms with Gasteiger partial charge in [0.2, 0.25) is 0 Å². The van der Waals surface area contributed by atoms with Gasteiger partial charge in [-0.1, -0.05) is 52.9 Å². The molecule has 0 heteroatoms. The predicted molar refractivity (Wildman–Crippen MR) is 59.9 cm³/mol. The molecule has 1 rings (SSSR count). The van der Waals surface area contributed by atoms with Crippen LogP contribution in [0.4, 0.5) is 0 Å². The zero-order chi connectivity index (χ0) is 9.73. The van der Waals surface area contributed by atoms with Crippen molar-refractivity contribution < 1.29 is 0 Å². The molecule has 0 aromatic heterocycles. The van der Waals surface area contributed by atoms with E-state index in [4.69, 9.17) is 0 Å². The third kappa shape index (κ3) is 3.32. The molecular formula is C13H26. The van der Waals surface area contributed by atoms with Gasteiger partial charge in [0.15, 0.2) is 0 Å². The van der Waals surface area contributed by atoms with Gasteiger partial charge in [-0.05, 0) is 30.6 Å². The maximum Gasteiger partial charge on any atom is -0.0294 e. The monoisotopic (exact) mass is 182 g/mol. The molecule has 13 heavy (non-hydrogen) atoms. The van der Waals surface area contributed by atoms with Gasteiger partial charge in [-0.3, -0.25) is 0 Å². The summed E-state index contributed by atoms with van der Waals surface area (Å²) in [5, 5.41) is 0. The van der Waals surface area contributed by atoms with Crippen LogP contribution in [0, 0.1) is 11.3 Å². The van der Waals surface area contributed by atoms with Crippen LogP contribution in [-0.4, -0.2) is 0 Å². The van der Waals surface area contributed by atoms with Crippen molar-refractivity contribution in [3.05, 3.63) is 0 Å². The molecule has 0 amide bonds. The summed E-state index contributed by atoms with van der Waals surface area (Å²) in [4.78, 5) is 0. The number of hydrogen-bond donors (Lipinski definition) is 0. The van der Waals surface area contributed by atoms with E-state index in [0.717, 1.165) is 11.3 Å². The average molecular weight is 182 g/mol. The Bertz CT molecular complexity index is 139. The molecule has 0 radical (unpaired) electrons. The number of unbranched alkanes of at least 4 members (excludes halogenated alkanes) is 3. The lowest BCUT2D eigenvalue weighted by Gasteiger charge is -2.09. The highest BCUT2D eigenvalue weighted by Crippen LogP contribution is 2.57. The van der Waals surface area contributed by atoms with E-state index in [2.05, 4.69) is 20.8 Å². The van der Waals surface area contributed by atoms with Crippen LogP contribution in [0.2, 0.25) is 0 Å². The Balaban J connectivity index is 2.05. The molecule has 0 saturated heterocycles. The second-order valence-electron chi connectivity index (χ2n) is 5.15. The SMILES string of the molecule is CCCCC[C@H]1C[C@]1(C)CCCC. The van der Waals surface area contributed by atoms with E-state index in [9.17, 15) is 0 Å². The zero-order valence-electron chi connectivity index (χ0n) is 9.73. The molecule has 0 aliphatic heterocycles. The third-order valence-electron chi connectivity index (χ3n) is 3.80. The highest BCUT2D eigenvalue weighted by atomic mass is 14.5.